The van der Waals surface area contributed by atoms with Crippen molar-refractivity contribution in [2.45, 2.75) is 0 Å². The Balaban J connectivity index is 2.30. The van der Waals surface area contributed by atoms with Gasteiger partial charge in [-0.25, -0.2) is 4.98 Å². The van der Waals surface area contributed by atoms with Crippen molar-refractivity contribution in [1.82, 2.24) is 9.97 Å². The zero-order valence-corrected chi connectivity index (χ0v) is 10.8. The van der Waals surface area contributed by atoms with E-state index in [2.05, 4.69) is 25.9 Å². The van der Waals surface area contributed by atoms with Crippen molar-refractivity contribution in [1.29, 1.82) is 0 Å². The first-order chi connectivity index (χ1) is 8.20. The van der Waals surface area contributed by atoms with E-state index >= 15 is 0 Å². The Labute approximate surface area is 107 Å². The maximum atomic E-state index is 12.2. The molecule has 2 aromatic heterocycles. The summed E-state index contributed by atoms with van der Waals surface area (Å²) in [4.78, 5) is 21.7. The zero-order chi connectivity index (χ0) is 12.3. The highest BCUT2D eigenvalue weighted by Gasteiger charge is 2.16. The normalized spacial score (nSPS) is 10.0. The van der Waals surface area contributed by atoms with Crippen LogP contribution >= 0.6 is 15.9 Å². The number of halogens is 1. The van der Waals surface area contributed by atoms with Crippen LogP contribution in [0.3, 0.4) is 0 Å². The Bertz CT molecular complexity index is 530. The van der Waals surface area contributed by atoms with Gasteiger partial charge in [0.05, 0.1) is 17.4 Å². The van der Waals surface area contributed by atoms with Gasteiger partial charge in [0.25, 0.3) is 5.91 Å². The van der Waals surface area contributed by atoms with Crippen molar-refractivity contribution < 1.29 is 4.79 Å². The standard InChI is InChI=1S/C12H10BrN3O/c1-16(9-4-2-6-14-8-9)12(17)10-5-3-7-15-11(10)13/h2-8H,1H3. The van der Waals surface area contributed by atoms with Crippen LogP contribution in [0, 0.1) is 0 Å². The molecule has 0 radical (unpaired) electrons. The first kappa shape index (κ1) is 11.7. The summed E-state index contributed by atoms with van der Waals surface area (Å²) in [5.74, 6) is -0.127. The van der Waals surface area contributed by atoms with Crippen molar-refractivity contribution in [3.05, 3.63) is 53.0 Å². The molecule has 86 valence electrons. The Hall–Kier alpha value is -1.75. The second-order valence-corrected chi connectivity index (χ2v) is 4.17. The maximum absolute atomic E-state index is 12.2. The monoisotopic (exact) mass is 291 g/mol. The Kier molecular flexibility index (Phi) is 3.49. The molecule has 1 amide bonds. The fourth-order valence-corrected chi connectivity index (χ4v) is 1.82. The van der Waals surface area contributed by atoms with Gasteiger partial charge in [-0.05, 0) is 40.2 Å². The minimum Gasteiger partial charge on any atom is -0.310 e. The van der Waals surface area contributed by atoms with E-state index in [9.17, 15) is 4.79 Å². The van der Waals surface area contributed by atoms with Gasteiger partial charge in [-0.1, -0.05) is 0 Å². The third kappa shape index (κ3) is 2.50. The number of hydrogen-bond donors (Lipinski definition) is 0. The van der Waals surface area contributed by atoms with E-state index in [0.29, 0.717) is 10.2 Å². The number of pyridine rings is 2. The number of carbonyl (C=O) groups is 1. The van der Waals surface area contributed by atoms with Gasteiger partial charge < -0.3 is 4.90 Å². The lowest BCUT2D eigenvalue weighted by Gasteiger charge is -2.17. The van der Waals surface area contributed by atoms with E-state index < -0.39 is 0 Å². The summed E-state index contributed by atoms with van der Waals surface area (Å²) in [7, 11) is 1.71. The SMILES string of the molecule is CN(C(=O)c1cccnc1Br)c1cccnc1. The predicted molar refractivity (Wildman–Crippen MR) is 68.9 cm³/mol. The lowest BCUT2D eigenvalue weighted by molar-refractivity contribution is 0.0992. The average molecular weight is 292 g/mol. The van der Waals surface area contributed by atoms with Gasteiger partial charge in [0, 0.05) is 19.4 Å². The molecule has 0 atom stereocenters. The van der Waals surface area contributed by atoms with E-state index in [0.717, 1.165) is 5.69 Å². The van der Waals surface area contributed by atoms with Crippen molar-refractivity contribution in [2.24, 2.45) is 0 Å². The van der Waals surface area contributed by atoms with E-state index in [4.69, 9.17) is 0 Å². The van der Waals surface area contributed by atoms with E-state index in [1.165, 1.54) is 4.90 Å². The molecule has 2 aromatic rings. The van der Waals surface area contributed by atoms with E-state index in [1.54, 1.807) is 43.8 Å². The Morgan fingerprint density at radius 3 is 2.71 bits per heavy atom. The molecule has 4 nitrogen and oxygen atoms in total. The molecule has 17 heavy (non-hydrogen) atoms. The van der Waals surface area contributed by atoms with Crippen LogP contribution in [0.1, 0.15) is 10.4 Å². The molecule has 0 aliphatic rings. The van der Waals surface area contributed by atoms with Gasteiger partial charge >= 0.3 is 0 Å². The molecule has 0 aromatic carbocycles. The summed E-state index contributed by atoms with van der Waals surface area (Å²) in [6.07, 6.45) is 4.94. The molecule has 2 rings (SSSR count). The van der Waals surface area contributed by atoms with Crippen molar-refractivity contribution in [3.63, 3.8) is 0 Å². The summed E-state index contributed by atoms with van der Waals surface area (Å²) in [5, 5.41) is 0. The molecule has 0 spiro atoms. The summed E-state index contributed by atoms with van der Waals surface area (Å²) < 4.78 is 0.542. The molecule has 0 aliphatic heterocycles. The van der Waals surface area contributed by atoms with Crippen LogP contribution < -0.4 is 4.90 Å². The smallest absolute Gasteiger partial charge is 0.260 e. The van der Waals surface area contributed by atoms with Crippen LogP contribution in [0.25, 0.3) is 0 Å². The quantitative estimate of drug-likeness (QED) is 0.799. The third-order valence-electron chi connectivity index (χ3n) is 2.33. The van der Waals surface area contributed by atoms with Crippen molar-refractivity contribution in [2.75, 3.05) is 11.9 Å². The topological polar surface area (TPSA) is 46.1 Å². The van der Waals surface area contributed by atoms with Crippen molar-refractivity contribution in [3.8, 4) is 0 Å². The highest BCUT2D eigenvalue weighted by Crippen LogP contribution is 2.18. The number of anilines is 1. The summed E-state index contributed by atoms with van der Waals surface area (Å²) in [6.45, 7) is 0. The van der Waals surface area contributed by atoms with Crippen LogP contribution in [-0.4, -0.2) is 22.9 Å². The highest BCUT2D eigenvalue weighted by molar-refractivity contribution is 9.10. The van der Waals surface area contributed by atoms with Crippen molar-refractivity contribution >= 4 is 27.5 Å². The minimum atomic E-state index is -0.127. The molecular formula is C12H10BrN3O. The summed E-state index contributed by atoms with van der Waals surface area (Å²) >= 11 is 3.26. The van der Waals surface area contributed by atoms with Crippen LogP contribution in [0.15, 0.2) is 47.5 Å². The number of nitrogens with zero attached hydrogens (tertiary/aromatic N) is 3. The molecule has 0 fully saturated rings. The van der Waals surface area contributed by atoms with Gasteiger partial charge in [-0.15, -0.1) is 0 Å². The first-order valence-electron chi connectivity index (χ1n) is 4.99. The van der Waals surface area contributed by atoms with Gasteiger partial charge in [0.1, 0.15) is 4.60 Å². The van der Waals surface area contributed by atoms with E-state index in [-0.39, 0.29) is 5.91 Å². The first-order valence-corrected chi connectivity index (χ1v) is 5.78. The molecule has 2 heterocycles. The molecule has 0 saturated carbocycles. The zero-order valence-electron chi connectivity index (χ0n) is 9.17. The molecule has 0 N–H and O–H groups in total. The van der Waals surface area contributed by atoms with Gasteiger partial charge in [-0.2, -0.15) is 0 Å². The van der Waals surface area contributed by atoms with Crippen LogP contribution in [0.5, 0.6) is 0 Å². The second kappa shape index (κ2) is 5.05. The summed E-state index contributed by atoms with van der Waals surface area (Å²) in [5.41, 5.74) is 1.27. The predicted octanol–water partition coefficient (Wildman–Crippen LogP) is 2.52. The number of carbonyl (C=O) groups excluding carboxylic acids is 1. The minimum absolute atomic E-state index is 0.127. The van der Waals surface area contributed by atoms with E-state index in [1.807, 2.05) is 6.07 Å². The molecule has 5 heteroatoms. The number of amides is 1. The lowest BCUT2D eigenvalue weighted by Crippen LogP contribution is -2.26. The number of aromatic nitrogens is 2. The number of hydrogen-bond acceptors (Lipinski definition) is 3. The summed E-state index contributed by atoms with van der Waals surface area (Å²) in [6, 6.07) is 7.08. The third-order valence-corrected chi connectivity index (χ3v) is 2.96. The Morgan fingerprint density at radius 1 is 1.29 bits per heavy atom. The van der Waals surface area contributed by atoms with Crippen LogP contribution in [-0.2, 0) is 0 Å². The molecule has 0 aliphatic carbocycles. The molecule has 0 saturated heterocycles. The fourth-order valence-electron chi connectivity index (χ4n) is 1.40. The van der Waals surface area contributed by atoms with Crippen LogP contribution in [0.2, 0.25) is 0 Å². The fraction of sp³-hybridized carbons (Fsp3) is 0.0833. The second-order valence-electron chi connectivity index (χ2n) is 3.42. The maximum Gasteiger partial charge on any atom is 0.260 e. The van der Waals surface area contributed by atoms with Gasteiger partial charge in [-0.3, -0.25) is 9.78 Å². The number of rotatable bonds is 2. The highest BCUT2D eigenvalue weighted by atomic mass is 79.9. The average Bonchev–Trinajstić information content (AvgIpc) is 2.39. The lowest BCUT2D eigenvalue weighted by atomic mass is 10.2. The molecule has 0 unspecified atom stereocenters. The van der Waals surface area contributed by atoms with Gasteiger partial charge in [0.2, 0.25) is 0 Å². The molecule has 0 bridgehead atoms. The molecular weight excluding hydrogens is 282 g/mol. The van der Waals surface area contributed by atoms with Crippen LogP contribution in [0.4, 0.5) is 5.69 Å². The Morgan fingerprint density at radius 2 is 2.06 bits per heavy atom. The largest absolute Gasteiger partial charge is 0.310 e. The van der Waals surface area contributed by atoms with Gasteiger partial charge in [0.15, 0.2) is 0 Å².